The van der Waals surface area contributed by atoms with Gasteiger partial charge in [0.05, 0.1) is 17.7 Å². The predicted molar refractivity (Wildman–Crippen MR) is 93.7 cm³/mol. The standard InChI is InChI=1S/C20H19N3O/c21-13-14-4-1-5-15(12-14)16-6-2-8-19-17(16)9-11-23(19)20(24)18-7-3-10-22-18/h1-2,4-6,8,12,18,22H,3,7,9-11H2. The van der Waals surface area contributed by atoms with E-state index in [1.807, 2.05) is 41.3 Å². The number of carbonyl (C=O) groups excluding carboxylic acids is 1. The van der Waals surface area contributed by atoms with Gasteiger partial charge in [-0.05, 0) is 60.7 Å². The minimum atomic E-state index is -0.0403. The topological polar surface area (TPSA) is 56.1 Å². The highest BCUT2D eigenvalue weighted by atomic mass is 16.2. The van der Waals surface area contributed by atoms with Crippen LogP contribution in [0.4, 0.5) is 5.69 Å². The van der Waals surface area contributed by atoms with E-state index in [0.29, 0.717) is 5.56 Å². The molecule has 0 radical (unpaired) electrons. The summed E-state index contributed by atoms with van der Waals surface area (Å²) >= 11 is 0. The normalized spacial score (nSPS) is 19.1. The third kappa shape index (κ3) is 2.47. The molecule has 1 amide bonds. The van der Waals surface area contributed by atoms with Crippen LogP contribution in [0, 0.1) is 11.3 Å². The zero-order valence-corrected chi connectivity index (χ0v) is 13.5. The van der Waals surface area contributed by atoms with Gasteiger partial charge < -0.3 is 10.2 Å². The lowest BCUT2D eigenvalue weighted by molar-refractivity contribution is -0.120. The molecule has 0 aromatic heterocycles. The van der Waals surface area contributed by atoms with Gasteiger partial charge in [-0.25, -0.2) is 0 Å². The van der Waals surface area contributed by atoms with Gasteiger partial charge in [0.1, 0.15) is 0 Å². The molecule has 120 valence electrons. The highest BCUT2D eigenvalue weighted by Crippen LogP contribution is 2.37. The van der Waals surface area contributed by atoms with Crippen LogP contribution in [0.2, 0.25) is 0 Å². The van der Waals surface area contributed by atoms with Gasteiger partial charge in [0.2, 0.25) is 5.91 Å². The first kappa shape index (κ1) is 14.9. The largest absolute Gasteiger partial charge is 0.310 e. The molecule has 1 N–H and O–H groups in total. The molecular weight excluding hydrogens is 298 g/mol. The number of amides is 1. The molecule has 0 bridgehead atoms. The van der Waals surface area contributed by atoms with E-state index in [2.05, 4.69) is 17.5 Å². The molecule has 24 heavy (non-hydrogen) atoms. The van der Waals surface area contributed by atoms with Gasteiger partial charge in [0.15, 0.2) is 0 Å². The quantitative estimate of drug-likeness (QED) is 0.926. The Kier molecular flexibility index (Phi) is 3.79. The number of carbonyl (C=O) groups is 1. The SMILES string of the molecule is N#Cc1cccc(-c2cccc3c2CCN3C(=O)C2CCCN2)c1. The second kappa shape index (κ2) is 6.10. The maximum absolute atomic E-state index is 12.8. The van der Waals surface area contributed by atoms with Crippen molar-refractivity contribution in [3.63, 3.8) is 0 Å². The zero-order chi connectivity index (χ0) is 16.5. The van der Waals surface area contributed by atoms with Crippen LogP contribution in [0.1, 0.15) is 24.0 Å². The average molecular weight is 317 g/mol. The summed E-state index contributed by atoms with van der Waals surface area (Å²) in [4.78, 5) is 14.7. The molecule has 2 aliphatic heterocycles. The van der Waals surface area contributed by atoms with Crippen molar-refractivity contribution in [3.8, 4) is 17.2 Å². The van der Waals surface area contributed by atoms with E-state index < -0.39 is 0 Å². The monoisotopic (exact) mass is 317 g/mol. The predicted octanol–water partition coefficient (Wildman–Crippen LogP) is 2.87. The maximum Gasteiger partial charge on any atom is 0.244 e. The van der Waals surface area contributed by atoms with E-state index in [1.165, 1.54) is 5.56 Å². The Bertz CT molecular complexity index is 831. The minimum Gasteiger partial charge on any atom is -0.310 e. The molecule has 2 heterocycles. The number of nitrogens with zero attached hydrogens (tertiary/aromatic N) is 2. The summed E-state index contributed by atoms with van der Waals surface area (Å²) in [6.45, 7) is 1.67. The molecule has 0 aliphatic carbocycles. The molecule has 2 aliphatic rings. The lowest BCUT2D eigenvalue weighted by atomic mass is 9.96. The smallest absolute Gasteiger partial charge is 0.244 e. The fourth-order valence-electron chi connectivity index (χ4n) is 3.77. The first-order valence-electron chi connectivity index (χ1n) is 8.45. The van der Waals surface area contributed by atoms with Gasteiger partial charge in [-0.3, -0.25) is 4.79 Å². The number of benzene rings is 2. The Morgan fingerprint density at radius 2 is 2.12 bits per heavy atom. The van der Waals surface area contributed by atoms with Gasteiger partial charge in [-0.1, -0.05) is 24.3 Å². The molecule has 4 heteroatoms. The first-order chi connectivity index (χ1) is 11.8. The number of hydrogen-bond donors (Lipinski definition) is 1. The van der Waals surface area contributed by atoms with E-state index in [1.54, 1.807) is 0 Å². The van der Waals surface area contributed by atoms with Crippen LogP contribution < -0.4 is 10.2 Å². The number of hydrogen-bond acceptors (Lipinski definition) is 3. The summed E-state index contributed by atoms with van der Waals surface area (Å²) in [6.07, 6.45) is 2.85. The van der Waals surface area contributed by atoms with Crippen LogP contribution in [0.3, 0.4) is 0 Å². The molecule has 4 rings (SSSR count). The van der Waals surface area contributed by atoms with Crippen LogP contribution in [0.25, 0.3) is 11.1 Å². The van der Waals surface area contributed by atoms with Crippen molar-refractivity contribution in [1.29, 1.82) is 5.26 Å². The molecule has 0 spiro atoms. The Balaban J connectivity index is 1.71. The van der Waals surface area contributed by atoms with Crippen molar-refractivity contribution in [2.75, 3.05) is 18.0 Å². The lowest BCUT2D eigenvalue weighted by Gasteiger charge is -2.21. The summed E-state index contributed by atoms with van der Waals surface area (Å²) in [5, 5.41) is 12.4. The summed E-state index contributed by atoms with van der Waals surface area (Å²) in [5.74, 6) is 0.189. The number of nitriles is 1. The van der Waals surface area contributed by atoms with E-state index in [9.17, 15) is 4.79 Å². The lowest BCUT2D eigenvalue weighted by Crippen LogP contribution is -2.42. The van der Waals surface area contributed by atoms with Crippen LogP contribution in [-0.2, 0) is 11.2 Å². The molecule has 2 aromatic carbocycles. The van der Waals surface area contributed by atoms with E-state index in [-0.39, 0.29) is 11.9 Å². The van der Waals surface area contributed by atoms with Crippen LogP contribution >= 0.6 is 0 Å². The fourth-order valence-corrected chi connectivity index (χ4v) is 3.77. The van der Waals surface area contributed by atoms with Crippen LogP contribution in [0.15, 0.2) is 42.5 Å². The molecular formula is C20H19N3O. The van der Waals surface area contributed by atoms with Crippen LogP contribution in [0.5, 0.6) is 0 Å². The van der Waals surface area contributed by atoms with Crippen molar-refractivity contribution in [1.82, 2.24) is 5.32 Å². The second-order valence-corrected chi connectivity index (χ2v) is 6.38. The first-order valence-corrected chi connectivity index (χ1v) is 8.45. The van der Waals surface area contributed by atoms with Gasteiger partial charge in [-0.15, -0.1) is 0 Å². The molecule has 1 saturated heterocycles. The fraction of sp³-hybridized carbons (Fsp3) is 0.300. The minimum absolute atomic E-state index is 0.0403. The summed E-state index contributed by atoms with van der Waals surface area (Å²) in [7, 11) is 0. The van der Waals surface area contributed by atoms with Crippen molar-refractivity contribution >= 4 is 11.6 Å². The van der Waals surface area contributed by atoms with Gasteiger partial charge >= 0.3 is 0 Å². The van der Waals surface area contributed by atoms with Gasteiger partial charge in [0.25, 0.3) is 0 Å². The number of nitrogens with one attached hydrogen (secondary N) is 1. The highest BCUT2D eigenvalue weighted by molar-refractivity contribution is 6.00. The van der Waals surface area contributed by atoms with Gasteiger partial charge in [-0.2, -0.15) is 5.26 Å². The average Bonchev–Trinajstić information content (AvgIpc) is 3.30. The molecule has 1 unspecified atom stereocenters. The van der Waals surface area contributed by atoms with E-state index in [0.717, 1.165) is 49.2 Å². The van der Waals surface area contributed by atoms with E-state index >= 15 is 0 Å². The highest BCUT2D eigenvalue weighted by Gasteiger charge is 2.32. The Morgan fingerprint density at radius 1 is 1.25 bits per heavy atom. The number of anilines is 1. The molecule has 4 nitrogen and oxygen atoms in total. The van der Waals surface area contributed by atoms with Crippen molar-refractivity contribution < 1.29 is 4.79 Å². The summed E-state index contributed by atoms with van der Waals surface area (Å²) < 4.78 is 0. The molecule has 0 saturated carbocycles. The third-order valence-electron chi connectivity index (χ3n) is 4.95. The summed E-state index contributed by atoms with van der Waals surface area (Å²) in [5.41, 5.74) is 5.05. The van der Waals surface area contributed by atoms with Gasteiger partial charge in [0, 0.05) is 12.2 Å². The number of rotatable bonds is 2. The van der Waals surface area contributed by atoms with Crippen molar-refractivity contribution in [2.24, 2.45) is 0 Å². The van der Waals surface area contributed by atoms with Crippen molar-refractivity contribution in [2.45, 2.75) is 25.3 Å². The Hall–Kier alpha value is -2.64. The van der Waals surface area contributed by atoms with Crippen molar-refractivity contribution in [3.05, 3.63) is 53.6 Å². The molecule has 1 atom stereocenters. The molecule has 1 fully saturated rings. The number of fused-ring (bicyclic) bond motifs is 1. The van der Waals surface area contributed by atoms with E-state index in [4.69, 9.17) is 5.26 Å². The molecule has 2 aromatic rings. The third-order valence-corrected chi connectivity index (χ3v) is 4.95. The Labute approximate surface area is 141 Å². The maximum atomic E-state index is 12.8. The van der Waals surface area contributed by atoms with Crippen LogP contribution in [-0.4, -0.2) is 25.0 Å². The second-order valence-electron chi connectivity index (χ2n) is 6.38. The Morgan fingerprint density at radius 3 is 2.92 bits per heavy atom. The zero-order valence-electron chi connectivity index (χ0n) is 13.5. The summed E-state index contributed by atoms with van der Waals surface area (Å²) in [6, 6.07) is 15.9.